The minimum Gasteiger partial charge on any atom is -0.494 e. The second-order valence-corrected chi connectivity index (χ2v) is 11.8. The second-order valence-electron chi connectivity index (χ2n) is 7.41. The average molecular weight is 543 g/mol. The number of nitriles is 1. The number of nitrogens with one attached hydrogen (secondary N) is 1. The van der Waals surface area contributed by atoms with Gasteiger partial charge in [-0.2, -0.15) is 5.26 Å². The highest BCUT2D eigenvalue weighted by Gasteiger charge is 2.25. The number of rotatable bonds is 7. The van der Waals surface area contributed by atoms with Crippen LogP contribution in [0.4, 0.5) is 5.00 Å². The molecule has 1 atom stereocenters. The van der Waals surface area contributed by atoms with Crippen LogP contribution in [-0.2, 0) is 12.8 Å². The summed E-state index contributed by atoms with van der Waals surface area (Å²) >= 11 is 8.62. The van der Waals surface area contributed by atoms with Crippen molar-refractivity contribution in [3.05, 3.63) is 68.5 Å². The van der Waals surface area contributed by atoms with Crippen LogP contribution in [0, 0.1) is 11.3 Å². The van der Waals surface area contributed by atoms with Crippen molar-refractivity contribution in [2.24, 2.45) is 0 Å². The molecule has 0 amide bonds. The number of hydrogen-bond acceptors (Lipinski definition) is 7. The van der Waals surface area contributed by atoms with Crippen molar-refractivity contribution in [1.29, 1.82) is 5.26 Å². The molecule has 2 heterocycles. The maximum absolute atomic E-state index is 9.83. The number of hydrogen-bond donors (Lipinski definition) is 1. The van der Waals surface area contributed by atoms with Crippen LogP contribution >= 0.6 is 50.4 Å². The Morgan fingerprint density at radius 1 is 1.22 bits per heavy atom. The van der Waals surface area contributed by atoms with Crippen LogP contribution in [0.3, 0.4) is 0 Å². The predicted molar refractivity (Wildman–Crippen MR) is 138 cm³/mol. The first kappa shape index (κ1) is 21.8. The van der Waals surface area contributed by atoms with E-state index in [1.54, 1.807) is 34.4 Å². The van der Waals surface area contributed by atoms with Gasteiger partial charge in [0.1, 0.15) is 22.2 Å². The van der Waals surface area contributed by atoms with Gasteiger partial charge in [0.05, 0.1) is 22.4 Å². The van der Waals surface area contributed by atoms with Crippen LogP contribution in [0.25, 0.3) is 10.2 Å². The van der Waals surface area contributed by atoms with E-state index in [-0.39, 0.29) is 5.37 Å². The van der Waals surface area contributed by atoms with E-state index < -0.39 is 0 Å². The van der Waals surface area contributed by atoms with E-state index in [9.17, 15) is 5.26 Å². The lowest BCUT2D eigenvalue weighted by Gasteiger charge is -2.18. The molecule has 4 aromatic rings. The normalized spacial score (nSPS) is 13.7. The zero-order chi connectivity index (χ0) is 22.1. The van der Waals surface area contributed by atoms with E-state index in [1.165, 1.54) is 10.4 Å². The lowest BCUT2D eigenvalue weighted by Crippen LogP contribution is -2.07. The fraction of sp³-hybridized carbons (Fsp3) is 0.250. The molecule has 1 aliphatic carbocycles. The zero-order valence-corrected chi connectivity index (χ0v) is 21.4. The van der Waals surface area contributed by atoms with Gasteiger partial charge in [-0.1, -0.05) is 39.8 Å². The third-order valence-corrected chi connectivity index (χ3v) is 9.36. The Labute approximate surface area is 207 Å². The van der Waals surface area contributed by atoms with Crippen LogP contribution in [0.15, 0.2) is 51.3 Å². The number of thiazole rings is 1. The summed E-state index contributed by atoms with van der Waals surface area (Å²) in [4.78, 5) is 6.20. The van der Waals surface area contributed by atoms with E-state index >= 15 is 0 Å². The fourth-order valence-electron chi connectivity index (χ4n) is 3.85. The SMILES string of the molecule is CCOc1ccc2nc(S[C@@H](Nc3sc4c(c3C#N)CCC4)c3ccc(Br)cc3)sc2c1. The van der Waals surface area contributed by atoms with Crippen molar-refractivity contribution in [3.63, 3.8) is 0 Å². The zero-order valence-electron chi connectivity index (χ0n) is 17.4. The van der Waals surface area contributed by atoms with Gasteiger partial charge >= 0.3 is 0 Å². The van der Waals surface area contributed by atoms with Gasteiger partial charge < -0.3 is 10.1 Å². The molecule has 0 unspecified atom stereocenters. The number of fused-ring (bicyclic) bond motifs is 2. The number of thiophene rings is 1. The van der Waals surface area contributed by atoms with Crippen LogP contribution in [0.2, 0.25) is 0 Å². The molecule has 1 aliphatic rings. The molecular weight excluding hydrogens is 522 g/mol. The number of ether oxygens (including phenoxy) is 1. The lowest BCUT2D eigenvalue weighted by molar-refractivity contribution is 0.341. The summed E-state index contributed by atoms with van der Waals surface area (Å²) in [6.07, 6.45) is 3.23. The van der Waals surface area contributed by atoms with E-state index in [0.717, 1.165) is 60.2 Å². The molecule has 32 heavy (non-hydrogen) atoms. The summed E-state index contributed by atoms with van der Waals surface area (Å²) < 4.78 is 8.78. The van der Waals surface area contributed by atoms with Crippen molar-refractivity contribution < 1.29 is 4.74 Å². The summed E-state index contributed by atoms with van der Waals surface area (Å²) in [6.45, 7) is 2.63. The van der Waals surface area contributed by atoms with Gasteiger partial charge in [0.2, 0.25) is 0 Å². The highest BCUT2D eigenvalue weighted by Crippen LogP contribution is 2.45. The Kier molecular flexibility index (Phi) is 6.42. The molecule has 2 aromatic heterocycles. The van der Waals surface area contributed by atoms with Crippen LogP contribution < -0.4 is 10.1 Å². The van der Waals surface area contributed by atoms with Gasteiger partial charge in [-0.15, -0.1) is 22.7 Å². The third-order valence-electron chi connectivity index (χ3n) is 5.34. The Morgan fingerprint density at radius 2 is 2.06 bits per heavy atom. The van der Waals surface area contributed by atoms with Crippen LogP contribution in [0.1, 0.15) is 40.3 Å². The van der Waals surface area contributed by atoms with Crippen LogP contribution in [0.5, 0.6) is 5.75 Å². The summed E-state index contributed by atoms with van der Waals surface area (Å²) in [5.74, 6) is 0.870. The minimum absolute atomic E-state index is 0.0547. The van der Waals surface area contributed by atoms with Crippen molar-refractivity contribution in [1.82, 2.24) is 4.98 Å². The molecule has 0 saturated heterocycles. The minimum atomic E-state index is -0.0547. The van der Waals surface area contributed by atoms with E-state index in [2.05, 4.69) is 57.6 Å². The molecule has 5 rings (SSSR count). The van der Waals surface area contributed by atoms with E-state index in [0.29, 0.717) is 6.61 Å². The highest BCUT2D eigenvalue weighted by molar-refractivity contribution is 9.10. The molecule has 2 aromatic carbocycles. The average Bonchev–Trinajstić information content (AvgIpc) is 3.48. The number of aromatic nitrogens is 1. The van der Waals surface area contributed by atoms with Crippen molar-refractivity contribution >= 4 is 65.6 Å². The Balaban J connectivity index is 1.48. The fourth-order valence-corrected chi connectivity index (χ4v) is 7.76. The lowest BCUT2D eigenvalue weighted by atomic mass is 10.1. The largest absolute Gasteiger partial charge is 0.494 e. The monoisotopic (exact) mass is 541 g/mol. The molecule has 4 nitrogen and oxygen atoms in total. The number of aryl methyl sites for hydroxylation is 1. The maximum atomic E-state index is 9.83. The topological polar surface area (TPSA) is 57.9 Å². The summed E-state index contributed by atoms with van der Waals surface area (Å²) in [6, 6.07) is 16.8. The first-order valence-corrected chi connectivity index (χ1v) is 13.7. The first-order chi connectivity index (χ1) is 15.6. The maximum Gasteiger partial charge on any atom is 0.153 e. The van der Waals surface area contributed by atoms with Gasteiger partial charge in [0.15, 0.2) is 4.34 Å². The third kappa shape index (κ3) is 4.40. The van der Waals surface area contributed by atoms with Crippen LogP contribution in [-0.4, -0.2) is 11.6 Å². The van der Waals surface area contributed by atoms with Crippen molar-refractivity contribution in [2.75, 3.05) is 11.9 Å². The number of benzene rings is 2. The Morgan fingerprint density at radius 3 is 2.84 bits per heavy atom. The molecule has 1 N–H and O–H groups in total. The molecular formula is C24H20BrN3OS3. The Hall–Kier alpha value is -2.05. The van der Waals surface area contributed by atoms with Crippen molar-refractivity contribution in [3.8, 4) is 11.8 Å². The van der Waals surface area contributed by atoms with Gasteiger partial charge in [-0.3, -0.25) is 0 Å². The molecule has 0 aliphatic heterocycles. The standard InChI is InChI=1S/C24H20BrN3OS3/c1-2-29-16-10-11-19-21(12-16)31-24(27-19)32-22(14-6-8-15(25)9-7-14)28-23-18(13-26)17-4-3-5-20(17)30-23/h6-12,22,28H,2-5H2,1H3/t22-/m1/s1. The quantitative estimate of drug-likeness (QED) is 0.191. The predicted octanol–water partition coefficient (Wildman–Crippen LogP) is 7.78. The summed E-state index contributed by atoms with van der Waals surface area (Å²) in [5.41, 5.74) is 4.17. The second kappa shape index (κ2) is 9.44. The summed E-state index contributed by atoms with van der Waals surface area (Å²) in [7, 11) is 0. The highest BCUT2D eigenvalue weighted by atomic mass is 79.9. The molecule has 0 spiro atoms. The van der Waals surface area contributed by atoms with Gasteiger partial charge in [0, 0.05) is 9.35 Å². The van der Waals surface area contributed by atoms with Crippen molar-refractivity contribution in [2.45, 2.75) is 35.9 Å². The van der Waals surface area contributed by atoms with Gasteiger partial charge in [-0.05, 0) is 67.6 Å². The molecule has 8 heteroatoms. The van der Waals surface area contributed by atoms with E-state index in [4.69, 9.17) is 9.72 Å². The number of anilines is 1. The number of nitrogens with zero attached hydrogens (tertiary/aromatic N) is 2. The van der Waals surface area contributed by atoms with Gasteiger partial charge in [-0.25, -0.2) is 4.98 Å². The molecule has 0 bridgehead atoms. The molecule has 0 radical (unpaired) electrons. The Bertz CT molecular complexity index is 1310. The van der Waals surface area contributed by atoms with Gasteiger partial charge in [0.25, 0.3) is 0 Å². The number of thioether (sulfide) groups is 1. The smallest absolute Gasteiger partial charge is 0.153 e. The molecule has 162 valence electrons. The summed E-state index contributed by atoms with van der Waals surface area (Å²) in [5, 5.41) is 14.4. The van der Waals surface area contributed by atoms with E-state index in [1.807, 2.05) is 19.1 Å². The molecule has 0 saturated carbocycles. The molecule has 0 fully saturated rings. The first-order valence-electron chi connectivity index (χ1n) is 10.4. The number of halogens is 1.